The van der Waals surface area contributed by atoms with Crippen molar-refractivity contribution >= 4 is 0 Å². The summed E-state index contributed by atoms with van der Waals surface area (Å²) in [6.45, 7) is 0.977. The summed E-state index contributed by atoms with van der Waals surface area (Å²) in [5.74, 6) is -0.849. The summed E-state index contributed by atoms with van der Waals surface area (Å²) in [5.41, 5.74) is 4.92. The zero-order chi connectivity index (χ0) is 14.0. The predicted molar refractivity (Wildman–Crippen MR) is 61.9 cm³/mol. The van der Waals surface area contributed by atoms with Crippen LogP contribution in [0.5, 0.6) is 0 Å². The third-order valence-electron chi connectivity index (χ3n) is 3.39. The first-order valence-corrected chi connectivity index (χ1v) is 6.09. The summed E-state index contributed by atoms with van der Waals surface area (Å²) in [7, 11) is 0. The van der Waals surface area contributed by atoms with Gasteiger partial charge in [0.1, 0.15) is 5.82 Å². The molecule has 1 saturated heterocycles. The van der Waals surface area contributed by atoms with Crippen LogP contribution in [-0.2, 0) is 10.9 Å². The molecule has 106 valence electrons. The van der Waals surface area contributed by atoms with Crippen LogP contribution < -0.4 is 5.73 Å². The fraction of sp³-hybridized carbons (Fsp3) is 0.538. The van der Waals surface area contributed by atoms with E-state index in [1.54, 1.807) is 0 Å². The van der Waals surface area contributed by atoms with Crippen molar-refractivity contribution in [1.29, 1.82) is 0 Å². The SMILES string of the molecule is NC(c1cc(C(F)(F)F)ccc1F)C1CCCOC1. The third kappa shape index (κ3) is 3.25. The molecule has 0 spiro atoms. The standard InChI is InChI=1S/C13H15F4NO/c14-11-4-3-9(13(15,16)17)6-10(11)12(18)8-2-1-5-19-7-8/h3-4,6,8,12H,1-2,5,7,18H2. The molecule has 2 nitrogen and oxygen atoms in total. The summed E-state index contributed by atoms with van der Waals surface area (Å²) < 4.78 is 56.8. The van der Waals surface area contributed by atoms with Crippen molar-refractivity contribution in [1.82, 2.24) is 0 Å². The van der Waals surface area contributed by atoms with Gasteiger partial charge in [0.05, 0.1) is 12.2 Å². The maximum absolute atomic E-state index is 13.7. The molecule has 2 N–H and O–H groups in total. The lowest BCUT2D eigenvalue weighted by molar-refractivity contribution is -0.137. The molecular formula is C13H15F4NO. The van der Waals surface area contributed by atoms with Crippen LogP contribution in [0.2, 0.25) is 0 Å². The van der Waals surface area contributed by atoms with Crippen LogP contribution in [0.3, 0.4) is 0 Å². The van der Waals surface area contributed by atoms with E-state index in [1.807, 2.05) is 0 Å². The van der Waals surface area contributed by atoms with Gasteiger partial charge in [-0.1, -0.05) is 0 Å². The lowest BCUT2D eigenvalue weighted by atomic mass is 9.88. The van der Waals surface area contributed by atoms with Crippen molar-refractivity contribution in [2.24, 2.45) is 11.7 Å². The molecule has 1 aromatic rings. The van der Waals surface area contributed by atoms with Crippen LogP contribution in [-0.4, -0.2) is 13.2 Å². The number of hydrogen-bond donors (Lipinski definition) is 1. The zero-order valence-corrected chi connectivity index (χ0v) is 10.2. The van der Waals surface area contributed by atoms with Crippen molar-refractivity contribution in [3.05, 3.63) is 35.1 Å². The van der Waals surface area contributed by atoms with Crippen molar-refractivity contribution in [3.8, 4) is 0 Å². The maximum atomic E-state index is 13.7. The largest absolute Gasteiger partial charge is 0.416 e. The van der Waals surface area contributed by atoms with E-state index < -0.39 is 23.6 Å². The molecule has 19 heavy (non-hydrogen) atoms. The Morgan fingerprint density at radius 3 is 2.63 bits per heavy atom. The van der Waals surface area contributed by atoms with Gasteiger partial charge in [-0.3, -0.25) is 0 Å². The molecule has 0 aromatic heterocycles. The Kier molecular flexibility index (Phi) is 4.10. The molecule has 2 atom stereocenters. The Morgan fingerprint density at radius 2 is 2.05 bits per heavy atom. The van der Waals surface area contributed by atoms with Crippen LogP contribution in [0.25, 0.3) is 0 Å². The zero-order valence-electron chi connectivity index (χ0n) is 10.2. The second-order valence-electron chi connectivity index (χ2n) is 4.74. The van der Waals surface area contributed by atoms with Gasteiger partial charge in [-0.25, -0.2) is 4.39 Å². The monoisotopic (exact) mass is 277 g/mol. The first kappa shape index (κ1) is 14.3. The van der Waals surface area contributed by atoms with Crippen LogP contribution in [0.1, 0.15) is 30.0 Å². The Labute approximate surface area is 108 Å². The van der Waals surface area contributed by atoms with Gasteiger partial charge in [-0.05, 0) is 31.0 Å². The van der Waals surface area contributed by atoms with Gasteiger partial charge in [0.15, 0.2) is 0 Å². The summed E-state index contributed by atoms with van der Waals surface area (Å²) in [6.07, 6.45) is -2.97. The van der Waals surface area contributed by atoms with Crippen molar-refractivity contribution < 1.29 is 22.3 Å². The van der Waals surface area contributed by atoms with Crippen LogP contribution in [0.15, 0.2) is 18.2 Å². The van der Waals surface area contributed by atoms with E-state index in [9.17, 15) is 17.6 Å². The van der Waals surface area contributed by atoms with Crippen molar-refractivity contribution in [2.75, 3.05) is 13.2 Å². The van der Waals surface area contributed by atoms with Crippen LogP contribution in [0.4, 0.5) is 17.6 Å². The molecule has 0 saturated carbocycles. The van der Waals surface area contributed by atoms with E-state index in [-0.39, 0.29) is 11.5 Å². The number of benzene rings is 1. The highest BCUT2D eigenvalue weighted by Gasteiger charge is 2.33. The quantitative estimate of drug-likeness (QED) is 0.842. The number of ether oxygens (including phenoxy) is 1. The molecule has 1 heterocycles. The highest BCUT2D eigenvalue weighted by Crippen LogP contribution is 2.34. The topological polar surface area (TPSA) is 35.2 Å². The average Bonchev–Trinajstić information content (AvgIpc) is 2.38. The number of rotatable bonds is 2. The highest BCUT2D eigenvalue weighted by atomic mass is 19.4. The van der Waals surface area contributed by atoms with E-state index >= 15 is 0 Å². The van der Waals surface area contributed by atoms with Gasteiger partial charge < -0.3 is 10.5 Å². The molecule has 1 aromatic carbocycles. The average molecular weight is 277 g/mol. The first-order valence-electron chi connectivity index (χ1n) is 6.09. The fourth-order valence-electron chi connectivity index (χ4n) is 2.28. The van der Waals surface area contributed by atoms with Crippen LogP contribution in [0, 0.1) is 11.7 Å². The number of alkyl halides is 3. The Morgan fingerprint density at radius 1 is 1.32 bits per heavy atom. The molecule has 2 rings (SSSR count). The van der Waals surface area contributed by atoms with Gasteiger partial charge in [0.25, 0.3) is 0 Å². The van der Waals surface area contributed by atoms with Crippen molar-refractivity contribution in [3.63, 3.8) is 0 Å². The molecule has 1 aliphatic rings. The molecule has 1 aliphatic heterocycles. The van der Waals surface area contributed by atoms with E-state index in [0.717, 1.165) is 31.0 Å². The minimum Gasteiger partial charge on any atom is -0.381 e. The molecule has 0 amide bonds. The minimum atomic E-state index is -4.49. The normalized spacial score (nSPS) is 22.3. The Bertz CT molecular complexity index is 441. The van der Waals surface area contributed by atoms with E-state index in [1.165, 1.54) is 0 Å². The Balaban J connectivity index is 2.27. The second kappa shape index (κ2) is 5.46. The van der Waals surface area contributed by atoms with Crippen molar-refractivity contribution in [2.45, 2.75) is 25.1 Å². The molecular weight excluding hydrogens is 262 g/mol. The molecule has 0 bridgehead atoms. The lowest BCUT2D eigenvalue weighted by Gasteiger charge is -2.28. The summed E-state index contributed by atoms with van der Waals surface area (Å²) in [6, 6.07) is 1.57. The highest BCUT2D eigenvalue weighted by molar-refractivity contribution is 5.29. The van der Waals surface area contributed by atoms with Gasteiger partial charge >= 0.3 is 6.18 Å². The van der Waals surface area contributed by atoms with E-state index in [2.05, 4.69) is 0 Å². The molecule has 0 radical (unpaired) electrons. The van der Waals surface area contributed by atoms with Gasteiger partial charge in [-0.15, -0.1) is 0 Å². The van der Waals surface area contributed by atoms with Crippen LogP contribution >= 0.6 is 0 Å². The van der Waals surface area contributed by atoms with E-state index in [0.29, 0.717) is 13.2 Å². The third-order valence-corrected chi connectivity index (χ3v) is 3.39. The molecule has 2 unspecified atom stereocenters. The van der Waals surface area contributed by atoms with E-state index in [4.69, 9.17) is 10.5 Å². The van der Waals surface area contributed by atoms with Gasteiger partial charge in [0, 0.05) is 24.1 Å². The summed E-state index contributed by atoms with van der Waals surface area (Å²) in [4.78, 5) is 0. The van der Waals surface area contributed by atoms with Gasteiger partial charge in [0.2, 0.25) is 0 Å². The first-order chi connectivity index (χ1) is 8.89. The lowest BCUT2D eigenvalue weighted by Crippen LogP contribution is -2.30. The molecule has 6 heteroatoms. The number of hydrogen-bond acceptors (Lipinski definition) is 2. The predicted octanol–water partition coefficient (Wildman–Crippen LogP) is 3.27. The summed E-state index contributed by atoms with van der Waals surface area (Å²) in [5, 5.41) is 0. The smallest absolute Gasteiger partial charge is 0.381 e. The number of nitrogens with two attached hydrogens (primary N) is 1. The molecule has 1 fully saturated rings. The summed E-state index contributed by atoms with van der Waals surface area (Å²) >= 11 is 0. The van der Waals surface area contributed by atoms with Gasteiger partial charge in [-0.2, -0.15) is 13.2 Å². The minimum absolute atomic E-state index is 0.0923. The fourth-order valence-corrected chi connectivity index (χ4v) is 2.28. The number of halogens is 4. The Hall–Kier alpha value is -1.14. The molecule has 0 aliphatic carbocycles. The maximum Gasteiger partial charge on any atom is 0.416 e. The second-order valence-corrected chi connectivity index (χ2v) is 4.74.